The van der Waals surface area contributed by atoms with Crippen molar-refractivity contribution in [2.75, 3.05) is 11.9 Å². The fourth-order valence-electron chi connectivity index (χ4n) is 2.22. The molecule has 0 saturated carbocycles. The molecule has 0 aromatic heterocycles. The number of hydrogen-bond acceptors (Lipinski definition) is 2. The predicted octanol–water partition coefficient (Wildman–Crippen LogP) is 1.77. The van der Waals surface area contributed by atoms with E-state index in [1.807, 2.05) is 6.92 Å². The molecule has 0 fully saturated rings. The van der Waals surface area contributed by atoms with E-state index < -0.39 is 0 Å². The topological polar surface area (TPSA) is 55.1 Å². The van der Waals surface area contributed by atoms with E-state index in [9.17, 15) is 9.18 Å². The Morgan fingerprint density at radius 1 is 1.50 bits per heavy atom. The first kappa shape index (κ1) is 11.1. The van der Waals surface area contributed by atoms with Crippen LogP contribution in [-0.4, -0.2) is 12.5 Å². The van der Waals surface area contributed by atoms with E-state index in [2.05, 4.69) is 5.32 Å². The predicted molar refractivity (Wildman–Crippen MR) is 60.8 cm³/mol. The maximum Gasteiger partial charge on any atom is 0.232 e. The molecular formula is C12H15FN2O. The van der Waals surface area contributed by atoms with Crippen LogP contribution in [0.5, 0.6) is 0 Å². The van der Waals surface area contributed by atoms with Crippen molar-refractivity contribution in [2.45, 2.75) is 25.7 Å². The Morgan fingerprint density at radius 2 is 2.25 bits per heavy atom. The largest absolute Gasteiger partial charge is 0.330 e. The van der Waals surface area contributed by atoms with Gasteiger partial charge in [-0.25, -0.2) is 4.39 Å². The second-order valence-corrected chi connectivity index (χ2v) is 4.02. The van der Waals surface area contributed by atoms with Gasteiger partial charge in [-0.1, -0.05) is 6.92 Å². The maximum absolute atomic E-state index is 13.4. The van der Waals surface area contributed by atoms with Crippen LogP contribution in [0, 0.1) is 5.82 Å². The molecule has 0 spiro atoms. The quantitative estimate of drug-likeness (QED) is 0.819. The summed E-state index contributed by atoms with van der Waals surface area (Å²) in [6, 6.07) is 2.89. The highest BCUT2D eigenvalue weighted by molar-refractivity contribution is 6.03. The summed E-state index contributed by atoms with van der Waals surface area (Å²) in [6.07, 6.45) is 1.27. The normalized spacial score (nSPS) is 18.4. The van der Waals surface area contributed by atoms with Crippen molar-refractivity contribution in [1.29, 1.82) is 0 Å². The summed E-state index contributed by atoms with van der Waals surface area (Å²) in [5.74, 6) is -0.555. The molecule has 1 heterocycles. The highest BCUT2D eigenvalue weighted by atomic mass is 19.1. The van der Waals surface area contributed by atoms with Crippen LogP contribution in [0.25, 0.3) is 0 Å². The molecule has 3 nitrogen and oxygen atoms in total. The number of fused-ring (bicyclic) bond motifs is 1. The van der Waals surface area contributed by atoms with Crippen LogP contribution >= 0.6 is 0 Å². The fourth-order valence-corrected chi connectivity index (χ4v) is 2.22. The van der Waals surface area contributed by atoms with Crippen molar-refractivity contribution >= 4 is 11.6 Å². The van der Waals surface area contributed by atoms with Gasteiger partial charge in [-0.2, -0.15) is 0 Å². The van der Waals surface area contributed by atoms with Gasteiger partial charge in [-0.15, -0.1) is 0 Å². The summed E-state index contributed by atoms with van der Waals surface area (Å²) in [4.78, 5) is 11.7. The number of rotatable bonds is 3. The minimum atomic E-state index is -0.294. The van der Waals surface area contributed by atoms with Crippen LogP contribution in [0.1, 0.15) is 30.4 Å². The number of benzene rings is 1. The molecule has 1 atom stereocenters. The Labute approximate surface area is 93.8 Å². The summed E-state index contributed by atoms with van der Waals surface area (Å²) in [5.41, 5.74) is 7.81. The monoisotopic (exact) mass is 222 g/mol. The van der Waals surface area contributed by atoms with Gasteiger partial charge in [0.15, 0.2) is 0 Å². The van der Waals surface area contributed by atoms with Crippen LogP contribution in [0.3, 0.4) is 0 Å². The number of carbonyl (C=O) groups excluding carboxylic acids is 1. The lowest BCUT2D eigenvalue weighted by Crippen LogP contribution is -2.11. The first-order valence-corrected chi connectivity index (χ1v) is 5.50. The molecule has 0 radical (unpaired) electrons. The van der Waals surface area contributed by atoms with Gasteiger partial charge in [-0.05, 0) is 42.6 Å². The molecule has 1 aliphatic rings. The van der Waals surface area contributed by atoms with Crippen LogP contribution in [0.15, 0.2) is 12.1 Å². The summed E-state index contributed by atoms with van der Waals surface area (Å²) < 4.78 is 13.4. The Kier molecular flexibility index (Phi) is 2.92. The third-order valence-electron chi connectivity index (χ3n) is 2.98. The van der Waals surface area contributed by atoms with E-state index in [1.54, 1.807) is 0 Å². The first-order valence-electron chi connectivity index (χ1n) is 5.50. The maximum atomic E-state index is 13.4. The Morgan fingerprint density at radius 3 is 2.88 bits per heavy atom. The van der Waals surface area contributed by atoms with Gasteiger partial charge in [0.05, 0.1) is 5.92 Å². The van der Waals surface area contributed by atoms with Crippen molar-refractivity contribution in [3.8, 4) is 0 Å². The van der Waals surface area contributed by atoms with Crippen molar-refractivity contribution in [3.05, 3.63) is 29.1 Å². The zero-order chi connectivity index (χ0) is 11.7. The van der Waals surface area contributed by atoms with Gasteiger partial charge in [0.2, 0.25) is 5.91 Å². The van der Waals surface area contributed by atoms with Crippen LogP contribution < -0.4 is 11.1 Å². The Bertz CT molecular complexity index is 431. The number of halogens is 1. The molecule has 0 bridgehead atoms. The molecule has 3 N–H and O–H groups in total. The number of anilines is 1. The highest BCUT2D eigenvalue weighted by Gasteiger charge is 2.31. The summed E-state index contributed by atoms with van der Waals surface area (Å²) in [7, 11) is 0. The zero-order valence-corrected chi connectivity index (χ0v) is 9.22. The van der Waals surface area contributed by atoms with Gasteiger partial charge >= 0.3 is 0 Å². The number of carbonyl (C=O) groups is 1. The van der Waals surface area contributed by atoms with E-state index in [0.29, 0.717) is 19.4 Å². The van der Waals surface area contributed by atoms with Crippen LogP contribution in [0.4, 0.5) is 10.1 Å². The van der Waals surface area contributed by atoms with Crippen molar-refractivity contribution in [1.82, 2.24) is 0 Å². The van der Waals surface area contributed by atoms with Crippen LogP contribution in [0.2, 0.25) is 0 Å². The first-order chi connectivity index (χ1) is 7.67. The van der Waals surface area contributed by atoms with Gasteiger partial charge in [0.25, 0.3) is 0 Å². The molecule has 1 aromatic carbocycles. The Balaban J connectivity index is 2.50. The molecule has 1 aliphatic heterocycles. The average molecular weight is 222 g/mol. The molecule has 0 aliphatic carbocycles. The van der Waals surface area contributed by atoms with Crippen LogP contribution in [-0.2, 0) is 11.2 Å². The molecule has 86 valence electrons. The molecule has 1 unspecified atom stereocenters. The summed E-state index contributed by atoms with van der Waals surface area (Å²) in [6.45, 7) is 2.37. The second-order valence-electron chi connectivity index (χ2n) is 4.02. The number of nitrogens with one attached hydrogen (secondary N) is 1. The van der Waals surface area contributed by atoms with Gasteiger partial charge in [-0.3, -0.25) is 4.79 Å². The third-order valence-corrected chi connectivity index (χ3v) is 2.98. The third kappa shape index (κ3) is 1.69. The zero-order valence-electron chi connectivity index (χ0n) is 9.22. The van der Waals surface area contributed by atoms with E-state index in [1.165, 1.54) is 12.1 Å². The molecule has 1 aromatic rings. The smallest absolute Gasteiger partial charge is 0.232 e. The SMILES string of the molecule is CCC1C(=O)Nc2c(CCN)cc(F)cc21. The van der Waals surface area contributed by atoms with E-state index in [4.69, 9.17) is 5.73 Å². The molecular weight excluding hydrogens is 207 g/mol. The molecule has 4 heteroatoms. The molecule has 1 amide bonds. The lowest BCUT2D eigenvalue weighted by molar-refractivity contribution is -0.117. The fraction of sp³-hybridized carbons (Fsp3) is 0.417. The molecule has 0 saturated heterocycles. The number of amides is 1. The average Bonchev–Trinajstić information content (AvgIpc) is 2.54. The van der Waals surface area contributed by atoms with Gasteiger partial charge < -0.3 is 11.1 Å². The number of hydrogen-bond donors (Lipinski definition) is 2. The standard InChI is InChI=1S/C12H15FN2O/c1-2-9-10-6-8(13)5-7(3-4-14)11(10)15-12(9)16/h5-6,9H,2-4,14H2,1H3,(H,15,16). The lowest BCUT2D eigenvalue weighted by Gasteiger charge is -2.08. The minimum absolute atomic E-state index is 0.0404. The summed E-state index contributed by atoms with van der Waals surface area (Å²) >= 11 is 0. The molecule has 2 rings (SSSR count). The number of nitrogens with two attached hydrogens (primary N) is 1. The second kappa shape index (κ2) is 4.22. The molecule has 16 heavy (non-hydrogen) atoms. The minimum Gasteiger partial charge on any atom is -0.330 e. The highest BCUT2D eigenvalue weighted by Crippen LogP contribution is 2.37. The lowest BCUT2D eigenvalue weighted by atomic mass is 9.95. The van der Waals surface area contributed by atoms with E-state index >= 15 is 0 Å². The Hall–Kier alpha value is -1.42. The van der Waals surface area contributed by atoms with Gasteiger partial charge in [0.1, 0.15) is 5.82 Å². The summed E-state index contributed by atoms with van der Waals surface area (Å²) in [5, 5.41) is 2.82. The van der Waals surface area contributed by atoms with Crippen molar-refractivity contribution in [3.63, 3.8) is 0 Å². The van der Waals surface area contributed by atoms with E-state index in [-0.39, 0.29) is 17.6 Å². The van der Waals surface area contributed by atoms with Gasteiger partial charge in [0, 0.05) is 5.69 Å². The van der Waals surface area contributed by atoms with Crippen molar-refractivity contribution < 1.29 is 9.18 Å². The van der Waals surface area contributed by atoms with E-state index in [0.717, 1.165) is 16.8 Å². The van der Waals surface area contributed by atoms with Crippen molar-refractivity contribution in [2.24, 2.45) is 5.73 Å².